The third-order valence-corrected chi connectivity index (χ3v) is 5.52. The van der Waals surface area contributed by atoms with Crippen LogP contribution in [0.2, 0.25) is 5.02 Å². The van der Waals surface area contributed by atoms with E-state index in [1.807, 2.05) is 30.1 Å². The van der Waals surface area contributed by atoms with Crippen LogP contribution in [0.5, 0.6) is 5.75 Å². The molecule has 0 N–H and O–H groups in total. The molecule has 150 valence electrons. The number of carbonyl (C=O) groups is 1. The van der Waals surface area contributed by atoms with Crippen LogP contribution in [-0.4, -0.2) is 71.5 Å². The minimum Gasteiger partial charge on any atom is -0.493 e. The average Bonchev–Trinajstić information content (AvgIpc) is 3.30. The fraction of sp³-hybridized carbons (Fsp3) is 0.500. The zero-order chi connectivity index (χ0) is 19.5. The lowest BCUT2D eigenvalue weighted by atomic mass is 10.1. The second kappa shape index (κ2) is 8.51. The number of nitrogens with zero attached hydrogens (tertiary/aromatic N) is 4. The van der Waals surface area contributed by atoms with Crippen molar-refractivity contribution in [3.8, 4) is 5.75 Å². The normalized spacial score (nSPS) is 16.6. The van der Waals surface area contributed by atoms with Crippen LogP contribution in [0.3, 0.4) is 0 Å². The highest BCUT2D eigenvalue weighted by Crippen LogP contribution is 2.27. The molecule has 0 bridgehead atoms. The molecule has 2 aromatic rings. The van der Waals surface area contributed by atoms with Crippen LogP contribution in [0.4, 0.5) is 0 Å². The Labute approximate surface area is 169 Å². The molecule has 0 aliphatic carbocycles. The summed E-state index contributed by atoms with van der Waals surface area (Å²) in [4.78, 5) is 17.5. The van der Waals surface area contributed by atoms with Gasteiger partial charge in [-0.3, -0.25) is 14.4 Å². The Morgan fingerprint density at radius 2 is 2.11 bits per heavy atom. The van der Waals surface area contributed by atoms with Gasteiger partial charge in [-0.15, -0.1) is 0 Å². The van der Waals surface area contributed by atoms with Crippen LogP contribution in [-0.2, 0) is 24.8 Å². The van der Waals surface area contributed by atoms with Crippen molar-refractivity contribution in [3.05, 3.63) is 46.2 Å². The van der Waals surface area contributed by atoms with Crippen LogP contribution in [0.1, 0.15) is 21.6 Å². The topological polar surface area (TPSA) is 59.8 Å². The quantitative estimate of drug-likeness (QED) is 0.736. The molecule has 1 aromatic heterocycles. The van der Waals surface area contributed by atoms with Crippen LogP contribution < -0.4 is 4.74 Å². The lowest BCUT2D eigenvalue weighted by molar-refractivity contribution is 0.0319. The first kappa shape index (κ1) is 19.2. The number of morpholine rings is 1. The Kier molecular flexibility index (Phi) is 5.85. The highest BCUT2D eigenvalue weighted by Gasteiger charge is 2.22. The lowest BCUT2D eigenvalue weighted by Crippen LogP contribution is -2.43. The number of aromatic nitrogens is 2. The summed E-state index contributed by atoms with van der Waals surface area (Å²) in [5, 5.41) is 4.99. The van der Waals surface area contributed by atoms with Crippen molar-refractivity contribution >= 4 is 17.5 Å². The van der Waals surface area contributed by atoms with Crippen LogP contribution >= 0.6 is 11.6 Å². The Bertz CT molecular complexity index is 848. The van der Waals surface area contributed by atoms with Crippen molar-refractivity contribution < 1.29 is 14.3 Å². The van der Waals surface area contributed by atoms with Gasteiger partial charge in [0.1, 0.15) is 11.4 Å². The molecule has 7 nitrogen and oxygen atoms in total. The third kappa shape index (κ3) is 4.32. The van der Waals surface area contributed by atoms with E-state index in [-0.39, 0.29) is 5.91 Å². The molecule has 8 heteroatoms. The number of halogens is 1. The van der Waals surface area contributed by atoms with Gasteiger partial charge in [0.25, 0.3) is 5.91 Å². The third-order valence-electron chi connectivity index (χ3n) is 5.21. The molecule has 1 fully saturated rings. The van der Waals surface area contributed by atoms with Gasteiger partial charge in [0.05, 0.1) is 31.4 Å². The van der Waals surface area contributed by atoms with Gasteiger partial charge >= 0.3 is 0 Å². The first-order chi connectivity index (χ1) is 13.6. The molecule has 1 aromatic carbocycles. The minimum absolute atomic E-state index is 0.00956. The highest BCUT2D eigenvalue weighted by atomic mass is 35.5. The number of hydrogen-bond donors (Lipinski definition) is 0. The molecule has 0 atom stereocenters. The molecule has 1 saturated heterocycles. The number of benzene rings is 1. The van der Waals surface area contributed by atoms with E-state index in [0.29, 0.717) is 36.0 Å². The summed E-state index contributed by atoms with van der Waals surface area (Å²) in [6.45, 7) is 5.74. The van der Waals surface area contributed by atoms with Crippen molar-refractivity contribution in [1.29, 1.82) is 0 Å². The Balaban J connectivity index is 1.52. The van der Waals surface area contributed by atoms with E-state index in [0.717, 1.165) is 50.6 Å². The van der Waals surface area contributed by atoms with Crippen molar-refractivity contribution in [2.75, 3.05) is 46.0 Å². The van der Waals surface area contributed by atoms with E-state index in [1.165, 1.54) is 0 Å². The second-order valence-corrected chi connectivity index (χ2v) is 7.61. The SMILES string of the molecule is Cn1cc(Cl)c(CN(CCN2CCOCC2)C(=O)c2ccc3c(c2)CCO3)n1. The summed E-state index contributed by atoms with van der Waals surface area (Å²) in [6, 6.07) is 5.68. The van der Waals surface area contributed by atoms with Gasteiger partial charge in [0.15, 0.2) is 0 Å². The average molecular weight is 405 g/mol. The number of amides is 1. The largest absolute Gasteiger partial charge is 0.493 e. The monoisotopic (exact) mass is 404 g/mol. The van der Waals surface area contributed by atoms with Gasteiger partial charge in [-0.05, 0) is 23.8 Å². The van der Waals surface area contributed by atoms with Gasteiger partial charge in [-0.2, -0.15) is 5.10 Å². The predicted octanol–water partition coefficient (Wildman–Crippen LogP) is 1.98. The van der Waals surface area contributed by atoms with Crippen LogP contribution in [0.15, 0.2) is 24.4 Å². The van der Waals surface area contributed by atoms with Gasteiger partial charge in [-0.1, -0.05) is 11.6 Å². The van der Waals surface area contributed by atoms with Gasteiger partial charge in [-0.25, -0.2) is 0 Å². The molecular formula is C20H25ClN4O3. The van der Waals surface area contributed by atoms with Crippen molar-refractivity contribution in [2.45, 2.75) is 13.0 Å². The molecule has 3 heterocycles. The fourth-order valence-electron chi connectivity index (χ4n) is 3.63. The van der Waals surface area contributed by atoms with E-state index in [4.69, 9.17) is 21.1 Å². The maximum Gasteiger partial charge on any atom is 0.254 e. The van der Waals surface area contributed by atoms with Gasteiger partial charge in [0.2, 0.25) is 0 Å². The fourth-order valence-corrected chi connectivity index (χ4v) is 3.87. The summed E-state index contributed by atoms with van der Waals surface area (Å²) in [5.41, 5.74) is 2.48. The Morgan fingerprint density at radius 3 is 2.86 bits per heavy atom. The van der Waals surface area contributed by atoms with Crippen LogP contribution in [0.25, 0.3) is 0 Å². The van der Waals surface area contributed by atoms with E-state index in [9.17, 15) is 4.79 Å². The molecule has 2 aliphatic heterocycles. The van der Waals surface area contributed by atoms with E-state index in [1.54, 1.807) is 10.9 Å². The molecule has 1 amide bonds. The number of aryl methyl sites for hydroxylation is 1. The zero-order valence-corrected chi connectivity index (χ0v) is 16.8. The summed E-state index contributed by atoms with van der Waals surface area (Å²) in [6.07, 6.45) is 2.60. The number of hydrogen-bond acceptors (Lipinski definition) is 5. The number of carbonyl (C=O) groups excluding carboxylic acids is 1. The molecule has 0 unspecified atom stereocenters. The van der Waals surface area contributed by atoms with Crippen molar-refractivity contribution in [2.24, 2.45) is 7.05 Å². The summed E-state index contributed by atoms with van der Waals surface area (Å²) in [5.74, 6) is 0.869. The molecule has 2 aliphatic rings. The summed E-state index contributed by atoms with van der Waals surface area (Å²) >= 11 is 6.30. The van der Waals surface area contributed by atoms with Gasteiger partial charge in [0, 0.05) is 51.4 Å². The Morgan fingerprint density at radius 1 is 1.29 bits per heavy atom. The molecule has 0 radical (unpaired) electrons. The van der Waals surface area contributed by atoms with Crippen LogP contribution in [0, 0.1) is 0 Å². The predicted molar refractivity (Wildman–Crippen MR) is 106 cm³/mol. The van der Waals surface area contributed by atoms with Crippen molar-refractivity contribution in [1.82, 2.24) is 19.6 Å². The number of ether oxygens (including phenoxy) is 2. The molecule has 0 saturated carbocycles. The standard InChI is InChI=1S/C20H25ClN4O3/c1-23-13-17(21)18(22-23)14-25(6-5-24-7-10-27-11-8-24)20(26)16-2-3-19-15(12-16)4-9-28-19/h2-3,12-13H,4-11,14H2,1H3. The van der Waals surface area contributed by atoms with E-state index < -0.39 is 0 Å². The maximum absolute atomic E-state index is 13.3. The second-order valence-electron chi connectivity index (χ2n) is 7.20. The molecule has 4 rings (SSSR count). The van der Waals surface area contributed by atoms with Gasteiger partial charge < -0.3 is 14.4 Å². The maximum atomic E-state index is 13.3. The summed E-state index contributed by atoms with van der Waals surface area (Å²) < 4.78 is 12.7. The highest BCUT2D eigenvalue weighted by molar-refractivity contribution is 6.31. The zero-order valence-electron chi connectivity index (χ0n) is 16.1. The number of rotatable bonds is 6. The van der Waals surface area contributed by atoms with E-state index in [2.05, 4.69) is 10.00 Å². The lowest BCUT2D eigenvalue weighted by Gasteiger charge is -2.30. The molecule has 28 heavy (non-hydrogen) atoms. The van der Waals surface area contributed by atoms with Crippen molar-refractivity contribution in [3.63, 3.8) is 0 Å². The summed E-state index contributed by atoms with van der Waals surface area (Å²) in [7, 11) is 1.83. The molecule has 0 spiro atoms. The molecular weight excluding hydrogens is 380 g/mol. The van der Waals surface area contributed by atoms with E-state index >= 15 is 0 Å². The Hall–Kier alpha value is -2.09. The minimum atomic E-state index is -0.00956. The smallest absolute Gasteiger partial charge is 0.254 e. The first-order valence-corrected chi connectivity index (χ1v) is 10.0. The number of fused-ring (bicyclic) bond motifs is 1. The first-order valence-electron chi connectivity index (χ1n) is 9.63.